The molecule has 0 bridgehead atoms. The summed E-state index contributed by atoms with van der Waals surface area (Å²) in [5, 5.41) is 16.8. The van der Waals surface area contributed by atoms with Gasteiger partial charge in [-0.05, 0) is 19.8 Å². The molecule has 0 aliphatic carbocycles. The number of aliphatic hydroxyl groups excluding tert-OH is 1. The van der Waals surface area contributed by atoms with E-state index in [0.29, 0.717) is 19.4 Å². The van der Waals surface area contributed by atoms with E-state index in [1.165, 1.54) is 0 Å². The molecule has 6 nitrogen and oxygen atoms in total. The number of rotatable bonds is 6. The van der Waals surface area contributed by atoms with Crippen LogP contribution in [0.25, 0.3) is 0 Å². The lowest BCUT2D eigenvalue weighted by atomic mass is 10.2. The predicted octanol–water partition coefficient (Wildman–Crippen LogP) is 0.100. The van der Waals surface area contributed by atoms with Gasteiger partial charge in [-0.25, -0.2) is 4.68 Å². The summed E-state index contributed by atoms with van der Waals surface area (Å²) in [6.45, 7) is 4.27. The SMILES string of the molecule is CCCc1c(C(N)=O)nnn1CCC(C)O. The van der Waals surface area contributed by atoms with Crippen molar-refractivity contribution in [3.05, 3.63) is 11.4 Å². The largest absolute Gasteiger partial charge is 0.393 e. The topological polar surface area (TPSA) is 94.0 Å². The van der Waals surface area contributed by atoms with Crippen molar-refractivity contribution in [1.82, 2.24) is 15.0 Å². The van der Waals surface area contributed by atoms with Gasteiger partial charge in [0.2, 0.25) is 0 Å². The number of hydrogen-bond donors (Lipinski definition) is 2. The van der Waals surface area contributed by atoms with Gasteiger partial charge in [0.05, 0.1) is 11.8 Å². The number of amides is 1. The van der Waals surface area contributed by atoms with E-state index in [9.17, 15) is 9.90 Å². The molecule has 0 saturated carbocycles. The average molecular weight is 226 g/mol. The van der Waals surface area contributed by atoms with Gasteiger partial charge in [0.1, 0.15) is 0 Å². The second kappa shape index (κ2) is 5.60. The summed E-state index contributed by atoms with van der Waals surface area (Å²) < 4.78 is 1.65. The number of nitrogens with zero attached hydrogens (tertiary/aromatic N) is 3. The molecule has 1 unspecified atom stereocenters. The molecule has 0 aliphatic heterocycles. The van der Waals surface area contributed by atoms with E-state index in [0.717, 1.165) is 12.1 Å². The summed E-state index contributed by atoms with van der Waals surface area (Å²) in [6, 6.07) is 0. The van der Waals surface area contributed by atoms with Gasteiger partial charge in [0, 0.05) is 6.54 Å². The van der Waals surface area contributed by atoms with Crippen molar-refractivity contribution in [2.24, 2.45) is 5.73 Å². The Bertz CT molecular complexity index is 360. The maximum atomic E-state index is 11.1. The normalized spacial score (nSPS) is 12.7. The molecule has 0 spiro atoms. The van der Waals surface area contributed by atoms with Crippen molar-refractivity contribution >= 4 is 5.91 Å². The monoisotopic (exact) mass is 226 g/mol. The van der Waals surface area contributed by atoms with E-state index < -0.39 is 12.0 Å². The molecular formula is C10H18N4O2. The number of nitrogens with two attached hydrogens (primary N) is 1. The van der Waals surface area contributed by atoms with Crippen LogP contribution in [0.5, 0.6) is 0 Å². The minimum Gasteiger partial charge on any atom is -0.393 e. The molecule has 90 valence electrons. The van der Waals surface area contributed by atoms with Gasteiger partial charge < -0.3 is 10.8 Å². The summed E-state index contributed by atoms with van der Waals surface area (Å²) in [7, 11) is 0. The molecule has 3 N–H and O–H groups in total. The van der Waals surface area contributed by atoms with Crippen LogP contribution in [0.2, 0.25) is 0 Å². The highest BCUT2D eigenvalue weighted by Crippen LogP contribution is 2.09. The van der Waals surface area contributed by atoms with Crippen LogP contribution < -0.4 is 5.73 Å². The number of carbonyl (C=O) groups is 1. The number of carbonyl (C=O) groups excluding carboxylic acids is 1. The van der Waals surface area contributed by atoms with E-state index in [4.69, 9.17) is 5.73 Å². The zero-order valence-electron chi connectivity index (χ0n) is 9.68. The minimum absolute atomic E-state index is 0.243. The molecule has 1 aromatic rings. The molecule has 6 heteroatoms. The molecule has 0 fully saturated rings. The van der Waals surface area contributed by atoms with Crippen LogP contribution in [0.1, 0.15) is 42.9 Å². The Hall–Kier alpha value is -1.43. The van der Waals surface area contributed by atoms with Crippen LogP contribution in [0.3, 0.4) is 0 Å². The van der Waals surface area contributed by atoms with E-state index in [2.05, 4.69) is 10.3 Å². The van der Waals surface area contributed by atoms with E-state index >= 15 is 0 Å². The minimum atomic E-state index is -0.549. The Morgan fingerprint density at radius 1 is 1.62 bits per heavy atom. The third kappa shape index (κ3) is 3.03. The third-order valence-corrected chi connectivity index (χ3v) is 2.32. The molecule has 1 heterocycles. The van der Waals surface area contributed by atoms with Gasteiger partial charge in [-0.2, -0.15) is 0 Å². The first-order chi connectivity index (χ1) is 7.56. The summed E-state index contributed by atoms with van der Waals surface area (Å²) in [6.07, 6.45) is 1.79. The van der Waals surface area contributed by atoms with Crippen molar-refractivity contribution in [2.75, 3.05) is 0 Å². The fraction of sp³-hybridized carbons (Fsp3) is 0.700. The van der Waals surface area contributed by atoms with Gasteiger partial charge in [0.25, 0.3) is 5.91 Å². The lowest BCUT2D eigenvalue weighted by Gasteiger charge is -2.07. The summed E-state index contributed by atoms with van der Waals surface area (Å²) in [5.41, 5.74) is 6.21. The second-order valence-corrected chi connectivity index (χ2v) is 3.86. The number of aliphatic hydroxyl groups is 1. The quantitative estimate of drug-likeness (QED) is 0.719. The molecular weight excluding hydrogens is 208 g/mol. The van der Waals surface area contributed by atoms with Crippen molar-refractivity contribution in [2.45, 2.75) is 45.8 Å². The fourth-order valence-electron chi connectivity index (χ4n) is 1.50. The molecule has 1 aromatic heterocycles. The van der Waals surface area contributed by atoms with Crippen LogP contribution in [0.15, 0.2) is 0 Å². The second-order valence-electron chi connectivity index (χ2n) is 3.86. The van der Waals surface area contributed by atoms with Crippen LogP contribution in [0.4, 0.5) is 0 Å². The number of primary amides is 1. The molecule has 16 heavy (non-hydrogen) atoms. The van der Waals surface area contributed by atoms with Gasteiger partial charge in [-0.3, -0.25) is 4.79 Å². The first kappa shape index (κ1) is 12.6. The predicted molar refractivity (Wildman–Crippen MR) is 58.8 cm³/mol. The van der Waals surface area contributed by atoms with Gasteiger partial charge in [0.15, 0.2) is 5.69 Å². The zero-order chi connectivity index (χ0) is 12.1. The standard InChI is InChI=1S/C10H18N4O2/c1-3-4-8-9(10(11)16)12-13-14(8)6-5-7(2)15/h7,15H,3-6H2,1-2H3,(H2,11,16). The third-order valence-electron chi connectivity index (χ3n) is 2.32. The molecule has 1 rings (SSSR count). The maximum absolute atomic E-state index is 11.1. The Morgan fingerprint density at radius 2 is 2.31 bits per heavy atom. The van der Waals surface area contributed by atoms with Crippen molar-refractivity contribution in [3.63, 3.8) is 0 Å². The summed E-state index contributed by atoms with van der Waals surface area (Å²) in [4.78, 5) is 11.1. The number of aromatic nitrogens is 3. The van der Waals surface area contributed by atoms with Crippen molar-refractivity contribution in [1.29, 1.82) is 0 Å². The Balaban J connectivity index is 2.86. The van der Waals surface area contributed by atoms with Crippen LogP contribution in [-0.2, 0) is 13.0 Å². The van der Waals surface area contributed by atoms with Gasteiger partial charge >= 0.3 is 0 Å². The van der Waals surface area contributed by atoms with E-state index in [1.54, 1.807) is 11.6 Å². The first-order valence-electron chi connectivity index (χ1n) is 5.46. The highest BCUT2D eigenvalue weighted by Gasteiger charge is 2.16. The summed E-state index contributed by atoms with van der Waals surface area (Å²) in [5.74, 6) is -0.549. The Morgan fingerprint density at radius 3 is 2.81 bits per heavy atom. The highest BCUT2D eigenvalue weighted by molar-refractivity contribution is 5.91. The average Bonchev–Trinajstić information content (AvgIpc) is 2.59. The molecule has 1 amide bonds. The maximum Gasteiger partial charge on any atom is 0.271 e. The Kier molecular flexibility index (Phi) is 4.42. The van der Waals surface area contributed by atoms with Crippen LogP contribution in [-0.4, -0.2) is 32.1 Å². The smallest absolute Gasteiger partial charge is 0.271 e. The number of hydrogen-bond acceptors (Lipinski definition) is 4. The Labute approximate surface area is 94.4 Å². The highest BCUT2D eigenvalue weighted by atomic mass is 16.3. The summed E-state index contributed by atoms with van der Waals surface area (Å²) >= 11 is 0. The van der Waals surface area contributed by atoms with Crippen LogP contribution >= 0.6 is 0 Å². The van der Waals surface area contributed by atoms with Gasteiger partial charge in [-0.1, -0.05) is 18.6 Å². The van der Waals surface area contributed by atoms with E-state index in [1.807, 2.05) is 6.92 Å². The number of aryl methyl sites for hydroxylation is 1. The molecule has 0 radical (unpaired) electrons. The lowest BCUT2D eigenvalue weighted by Crippen LogP contribution is -2.16. The zero-order valence-corrected chi connectivity index (χ0v) is 9.68. The first-order valence-corrected chi connectivity index (χ1v) is 5.46. The lowest BCUT2D eigenvalue weighted by molar-refractivity contribution is 0.0994. The van der Waals surface area contributed by atoms with Gasteiger partial charge in [-0.15, -0.1) is 5.10 Å². The van der Waals surface area contributed by atoms with Crippen molar-refractivity contribution in [3.8, 4) is 0 Å². The molecule has 0 saturated heterocycles. The van der Waals surface area contributed by atoms with Crippen LogP contribution in [0, 0.1) is 0 Å². The molecule has 1 atom stereocenters. The molecule has 0 aliphatic rings. The fourth-order valence-corrected chi connectivity index (χ4v) is 1.50. The van der Waals surface area contributed by atoms with Crippen molar-refractivity contribution < 1.29 is 9.90 Å². The van der Waals surface area contributed by atoms with E-state index in [-0.39, 0.29) is 5.69 Å². The molecule has 0 aromatic carbocycles.